The molecule has 0 amide bonds. The van der Waals surface area contributed by atoms with Crippen LogP contribution in [0.4, 0.5) is 11.6 Å². The Morgan fingerprint density at radius 2 is 2.11 bits per heavy atom. The average molecular weight is 301 g/mol. The van der Waals surface area contributed by atoms with Crippen LogP contribution in [-0.4, -0.2) is 24.6 Å². The number of anilines is 2. The molecule has 0 bridgehead atoms. The second-order valence-corrected chi connectivity index (χ2v) is 5.04. The van der Waals surface area contributed by atoms with E-state index in [0.29, 0.717) is 28.2 Å². The Hall–Kier alpha value is -1.18. The fourth-order valence-electron chi connectivity index (χ4n) is 1.71. The molecule has 1 aromatic rings. The molecule has 1 N–H and O–H groups in total. The molecule has 1 rings (SSSR count). The van der Waals surface area contributed by atoms with E-state index in [1.54, 1.807) is 6.07 Å². The van der Waals surface area contributed by atoms with Crippen molar-refractivity contribution in [1.29, 1.82) is 5.26 Å². The molecule has 4 nitrogen and oxygen atoms in total. The number of pyridine rings is 1. The molecule has 0 saturated carbocycles. The summed E-state index contributed by atoms with van der Waals surface area (Å²) in [6, 6.07) is 3.90. The van der Waals surface area contributed by atoms with E-state index in [2.05, 4.69) is 16.4 Å². The molecule has 0 saturated heterocycles. The first-order valence-electron chi connectivity index (χ1n) is 6.27. The molecular formula is C13H18Cl2N4. The topological polar surface area (TPSA) is 52.0 Å². The second-order valence-electron chi connectivity index (χ2n) is 4.22. The predicted molar refractivity (Wildman–Crippen MR) is 81.1 cm³/mol. The van der Waals surface area contributed by atoms with E-state index in [-0.39, 0.29) is 5.92 Å². The highest BCUT2D eigenvalue weighted by Crippen LogP contribution is 2.31. The van der Waals surface area contributed by atoms with Crippen molar-refractivity contribution in [2.75, 3.05) is 29.9 Å². The Kier molecular flexibility index (Phi) is 6.20. The standard InChI is InChI=1S/C13H18Cl2N4/c1-4-17-12-10(14)6-11(15)13(18-12)19(5-2)8-9(3)7-16/h6,9H,4-5,8H2,1-3H3,(H,17,18). The number of rotatable bonds is 6. The lowest BCUT2D eigenvalue weighted by atomic mass is 10.2. The van der Waals surface area contributed by atoms with E-state index in [1.165, 1.54) is 0 Å². The van der Waals surface area contributed by atoms with Gasteiger partial charge in [-0.2, -0.15) is 5.26 Å². The maximum atomic E-state index is 8.91. The van der Waals surface area contributed by atoms with E-state index >= 15 is 0 Å². The molecule has 1 aromatic heterocycles. The molecule has 1 heterocycles. The normalized spacial score (nSPS) is 11.8. The molecular weight excluding hydrogens is 283 g/mol. The van der Waals surface area contributed by atoms with E-state index in [1.807, 2.05) is 25.7 Å². The molecule has 6 heteroatoms. The quantitative estimate of drug-likeness (QED) is 0.868. The third kappa shape index (κ3) is 4.15. The second kappa shape index (κ2) is 7.42. The van der Waals surface area contributed by atoms with Crippen LogP contribution in [0.2, 0.25) is 10.0 Å². The van der Waals surface area contributed by atoms with Gasteiger partial charge in [0, 0.05) is 19.6 Å². The highest BCUT2D eigenvalue weighted by Gasteiger charge is 2.16. The van der Waals surface area contributed by atoms with Gasteiger partial charge in [0.15, 0.2) is 0 Å². The van der Waals surface area contributed by atoms with Crippen molar-refractivity contribution in [3.63, 3.8) is 0 Å². The molecule has 0 aromatic carbocycles. The molecule has 104 valence electrons. The summed E-state index contributed by atoms with van der Waals surface area (Å²) in [5.74, 6) is 1.19. The van der Waals surface area contributed by atoms with Gasteiger partial charge in [-0.1, -0.05) is 23.2 Å². The maximum Gasteiger partial charge on any atom is 0.149 e. The summed E-state index contributed by atoms with van der Waals surface area (Å²) in [4.78, 5) is 6.44. The molecule has 0 aliphatic rings. The first-order chi connectivity index (χ1) is 9.03. The summed E-state index contributed by atoms with van der Waals surface area (Å²) < 4.78 is 0. The Balaban J connectivity index is 3.09. The van der Waals surface area contributed by atoms with Crippen molar-refractivity contribution < 1.29 is 0 Å². The summed E-state index contributed by atoms with van der Waals surface area (Å²) in [7, 11) is 0. The molecule has 0 aliphatic heterocycles. The first kappa shape index (κ1) is 15.9. The van der Waals surface area contributed by atoms with Crippen LogP contribution < -0.4 is 10.2 Å². The van der Waals surface area contributed by atoms with Crippen LogP contribution in [0.3, 0.4) is 0 Å². The number of nitrogens with one attached hydrogen (secondary N) is 1. The van der Waals surface area contributed by atoms with Crippen molar-refractivity contribution in [3.8, 4) is 6.07 Å². The zero-order chi connectivity index (χ0) is 14.4. The Morgan fingerprint density at radius 3 is 2.63 bits per heavy atom. The highest BCUT2D eigenvalue weighted by molar-refractivity contribution is 6.37. The average Bonchev–Trinajstić information content (AvgIpc) is 2.39. The summed E-state index contributed by atoms with van der Waals surface area (Å²) in [5.41, 5.74) is 0. The van der Waals surface area contributed by atoms with Gasteiger partial charge in [0.05, 0.1) is 22.0 Å². The van der Waals surface area contributed by atoms with Gasteiger partial charge in [0.25, 0.3) is 0 Å². The Morgan fingerprint density at radius 1 is 1.42 bits per heavy atom. The van der Waals surface area contributed by atoms with Crippen LogP contribution in [0, 0.1) is 17.2 Å². The van der Waals surface area contributed by atoms with Gasteiger partial charge in [0.2, 0.25) is 0 Å². The van der Waals surface area contributed by atoms with Gasteiger partial charge in [-0.15, -0.1) is 0 Å². The number of hydrogen-bond acceptors (Lipinski definition) is 4. The molecule has 1 atom stereocenters. The predicted octanol–water partition coefficient (Wildman–Crippen LogP) is 3.81. The van der Waals surface area contributed by atoms with Crippen LogP contribution in [0.5, 0.6) is 0 Å². The third-order valence-electron chi connectivity index (χ3n) is 2.65. The molecule has 0 radical (unpaired) electrons. The lowest BCUT2D eigenvalue weighted by Crippen LogP contribution is -2.29. The first-order valence-corrected chi connectivity index (χ1v) is 7.03. The Labute approximate surface area is 124 Å². The maximum absolute atomic E-state index is 8.91. The molecule has 0 aliphatic carbocycles. The van der Waals surface area contributed by atoms with Crippen molar-refractivity contribution >= 4 is 34.8 Å². The molecule has 0 fully saturated rings. The largest absolute Gasteiger partial charge is 0.369 e. The number of halogens is 2. The lowest BCUT2D eigenvalue weighted by Gasteiger charge is -2.24. The number of nitrogens with zero attached hydrogens (tertiary/aromatic N) is 3. The SMILES string of the molecule is CCNc1nc(N(CC)CC(C)C#N)c(Cl)cc1Cl. The number of hydrogen-bond donors (Lipinski definition) is 1. The van der Waals surface area contributed by atoms with Crippen molar-refractivity contribution in [2.24, 2.45) is 5.92 Å². The van der Waals surface area contributed by atoms with Crippen LogP contribution in [-0.2, 0) is 0 Å². The summed E-state index contributed by atoms with van der Waals surface area (Å²) in [5, 5.41) is 13.0. The monoisotopic (exact) mass is 300 g/mol. The highest BCUT2D eigenvalue weighted by atomic mass is 35.5. The summed E-state index contributed by atoms with van der Waals surface area (Å²) >= 11 is 12.3. The summed E-state index contributed by atoms with van der Waals surface area (Å²) in [6.45, 7) is 7.90. The van der Waals surface area contributed by atoms with Crippen LogP contribution >= 0.6 is 23.2 Å². The van der Waals surface area contributed by atoms with Gasteiger partial charge in [-0.25, -0.2) is 4.98 Å². The molecule has 19 heavy (non-hydrogen) atoms. The Bertz CT molecular complexity index is 470. The van der Waals surface area contributed by atoms with E-state index in [0.717, 1.165) is 13.1 Å². The fourth-order valence-corrected chi connectivity index (χ4v) is 2.25. The lowest BCUT2D eigenvalue weighted by molar-refractivity contribution is 0.680. The van der Waals surface area contributed by atoms with Crippen molar-refractivity contribution in [2.45, 2.75) is 20.8 Å². The minimum Gasteiger partial charge on any atom is -0.369 e. The van der Waals surface area contributed by atoms with Crippen LogP contribution in [0.25, 0.3) is 0 Å². The summed E-state index contributed by atoms with van der Waals surface area (Å²) in [6.07, 6.45) is 0. The minimum absolute atomic E-state index is 0.0870. The zero-order valence-corrected chi connectivity index (χ0v) is 12.9. The molecule has 1 unspecified atom stereocenters. The molecule has 0 spiro atoms. The smallest absolute Gasteiger partial charge is 0.149 e. The van der Waals surface area contributed by atoms with Gasteiger partial charge < -0.3 is 10.2 Å². The van der Waals surface area contributed by atoms with Crippen LogP contribution in [0.15, 0.2) is 6.07 Å². The van der Waals surface area contributed by atoms with Crippen molar-refractivity contribution in [1.82, 2.24) is 4.98 Å². The number of nitriles is 1. The van der Waals surface area contributed by atoms with Crippen molar-refractivity contribution in [3.05, 3.63) is 16.1 Å². The zero-order valence-electron chi connectivity index (χ0n) is 11.4. The third-order valence-corrected chi connectivity index (χ3v) is 3.22. The van der Waals surface area contributed by atoms with E-state index in [9.17, 15) is 0 Å². The van der Waals surface area contributed by atoms with Gasteiger partial charge in [-0.3, -0.25) is 0 Å². The fraction of sp³-hybridized carbons (Fsp3) is 0.538. The van der Waals surface area contributed by atoms with Gasteiger partial charge in [-0.05, 0) is 26.8 Å². The minimum atomic E-state index is -0.0870. The van der Waals surface area contributed by atoms with E-state index < -0.39 is 0 Å². The van der Waals surface area contributed by atoms with E-state index in [4.69, 9.17) is 28.5 Å². The number of aromatic nitrogens is 1. The van der Waals surface area contributed by atoms with Gasteiger partial charge in [0.1, 0.15) is 11.6 Å². The van der Waals surface area contributed by atoms with Gasteiger partial charge >= 0.3 is 0 Å². The van der Waals surface area contributed by atoms with Crippen LogP contribution in [0.1, 0.15) is 20.8 Å².